The summed E-state index contributed by atoms with van der Waals surface area (Å²) in [5.74, 6) is 0.783. The maximum absolute atomic E-state index is 5.83. The molecule has 0 aliphatic carbocycles. The monoisotopic (exact) mass is 391 g/mol. The predicted octanol–water partition coefficient (Wildman–Crippen LogP) is 1.20. The number of rotatable bonds is 9. The van der Waals surface area contributed by atoms with Gasteiger partial charge in [0.2, 0.25) is 0 Å². The molecule has 0 saturated heterocycles. The number of alkyl halides is 1. The van der Waals surface area contributed by atoms with E-state index in [0.717, 1.165) is 16.9 Å². The highest BCUT2D eigenvalue weighted by Gasteiger charge is 2.27. The molecule has 0 N–H and O–H groups in total. The Balaban J connectivity index is 0. The second kappa shape index (κ2) is 10.0. The van der Waals surface area contributed by atoms with E-state index in [-0.39, 0.29) is 24.0 Å². The van der Waals surface area contributed by atoms with Gasteiger partial charge in [-0.1, -0.05) is 44.9 Å². The van der Waals surface area contributed by atoms with Crippen molar-refractivity contribution < 1.29 is 28.5 Å². The van der Waals surface area contributed by atoms with Crippen LogP contribution in [0.5, 0.6) is 0 Å². The first-order chi connectivity index (χ1) is 7.45. The molecular weight excluding hydrogens is 361 g/mol. The van der Waals surface area contributed by atoms with E-state index in [1.807, 2.05) is 0 Å². The van der Waals surface area contributed by atoms with E-state index in [1.54, 1.807) is 0 Å². The molecule has 4 heteroatoms. The second-order valence-electron chi connectivity index (χ2n) is 5.74. The van der Waals surface area contributed by atoms with E-state index in [9.17, 15) is 0 Å². The first-order valence-electron chi connectivity index (χ1n) is 6.83. The fourth-order valence-corrected chi connectivity index (χ4v) is 6.43. The number of quaternary nitrogens is 1. The average molecular weight is 392 g/mol. The molecule has 0 fully saturated rings. The molecule has 0 aromatic heterocycles. The van der Waals surface area contributed by atoms with Crippen molar-refractivity contribution in [1.82, 2.24) is 0 Å². The fourth-order valence-electron chi connectivity index (χ4n) is 2.50. The Kier molecular flexibility index (Phi) is 12.1. The van der Waals surface area contributed by atoms with Crippen molar-refractivity contribution in [3.63, 3.8) is 0 Å². The Morgan fingerprint density at radius 1 is 0.941 bits per heavy atom. The summed E-state index contributed by atoms with van der Waals surface area (Å²) in [5, 5.41) is 0. The molecule has 0 bridgehead atoms. The Morgan fingerprint density at radius 3 is 1.76 bits per heavy atom. The molecule has 0 aliphatic rings. The van der Waals surface area contributed by atoms with Crippen LogP contribution in [0.15, 0.2) is 0 Å². The van der Waals surface area contributed by atoms with Crippen LogP contribution in [0.2, 0.25) is 24.2 Å². The van der Waals surface area contributed by atoms with Crippen LogP contribution in [0, 0.1) is 0 Å². The molecule has 0 heterocycles. The lowest BCUT2D eigenvalue weighted by atomic mass is 10.4. The van der Waals surface area contributed by atoms with Gasteiger partial charge < -0.3 is 28.5 Å². The molecule has 0 aromatic rings. The van der Waals surface area contributed by atoms with Crippen molar-refractivity contribution in [3.8, 4) is 0 Å². The van der Waals surface area contributed by atoms with Gasteiger partial charge in [-0.15, -0.1) is 11.6 Å². The summed E-state index contributed by atoms with van der Waals surface area (Å²) in [4.78, 5) is 0. The van der Waals surface area contributed by atoms with Crippen LogP contribution >= 0.6 is 11.6 Å². The van der Waals surface area contributed by atoms with Crippen molar-refractivity contribution in [2.45, 2.75) is 51.4 Å². The number of halogens is 2. The second-order valence-corrected chi connectivity index (χ2v) is 11.7. The van der Waals surface area contributed by atoms with Crippen molar-refractivity contribution in [3.05, 3.63) is 0 Å². The zero-order valence-electron chi connectivity index (χ0n) is 12.4. The van der Waals surface area contributed by atoms with Crippen LogP contribution in [0.25, 0.3) is 0 Å². The van der Waals surface area contributed by atoms with Crippen molar-refractivity contribution >= 4 is 19.7 Å². The largest absolute Gasteiger partial charge is 1.00 e. The highest BCUT2D eigenvalue weighted by Crippen LogP contribution is 2.26. The van der Waals surface area contributed by atoms with Crippen LogP contribution in [-0.2, 0) is 0 Å². The molecule has 0 atom stereocenters. The van der Waals surface area contributed by atoms with Crippen molar-refractivity contribution in [2.24, 2.45) is 0 Å². The molecule has 17 heavy (non-hydrogen) atoms. The molecule has 1 nitrogen and oxygen atoms in total. The maximum Gasteiger partial charge on any atom is 0.0920 e. The summed E-state index contributed by atoms with van der Waals surface area (Å²) in [7, 11) is 3.72. The molecule has 0 aromatic carbocycles. The molecule has 106 valence electrons. The van der Waals surface area contributed by atoms with Crippen molar-refractivity contribution in [2.75, 3.05) is 33.1 Å². The fraction of sp³-hybridized carbons (Fsp3) is 1.00. The van der Waals surface area contributed by atoms with Gasteiger partial charge in [-0.2, -0.15) is 0 Å². The van der Waals surface area contributed by atoms with Crippen LogP contribution < -0.4 is 24.0 Å². The van der Waals surface area contributed by atoms with Gasteiger partial charge >= 0.3 is 0 Å². The minimum absolute atomic E-state index is 0. The third-order valence-electron chi connectivity index (χ3n) is 4.41. The highest BCUT2D eigenvalue weighted by atomic mass is 127. The predicted molar refractivity (Wildman–Crippen MR) is 79.2 cm³/mol. The van der Waals surface area contributed by atoms with Gasteiger partial charge in [-0.05, 0) is 6.42 Å². The Bertz CT molecular complexity index is 176. The Morgan fingerprint density at radius 2 is 1.41 bits per heavy atom. The summed E-state index contributed by atoms with van der Waals surface area (Å²) in [6.45, 7) is 9.59. The SMILES string of the molecule is CC[Si](CC)(CC)CCC[N+](C)(C)CCCl.[I-]. The van der Waals surface area contributed by atoms with Gasteiger partial charge in [-0.25, -0.2) is 0 Å². The Labute approximate surface area is 132 Å². The summed E-state index contributed by atoms with van der Waals surface area (Å²) in [6.07, 6.45) is 1.39. The molecule has 0 unspecified atom stereocenters. The van der Waals surface area contributed by atoms with Gasteiger partial charge in [0, 0.05) is 0 Å². The third kappa shape index (κ3) is 8.06. The lowest BCUT2D eigenvalue weighted by molar-refractivity contribution is -0.887. The first kappa shape index (κ1) is 20.5. The summed E-state index contributed by atoms with van der Waals surface area (Å²) in [6, 6.07) is 5.90. The standard InChI is InChI=1S/C13H31ClNSi.HI/c1-6-16(7-2,8-3)13-9-11-15(4,5)12-10-14;/h6-13H2,1-5H3;1H/q+1;/p-1. The topological polar surface area (TPSA) is 0 Å². The minimum Gasteiger partial charge on any atom is -1.00 e. The van der Waals surface area contributed by atoms with Crippen LogP contribution in [0.3, 0.4) is 0 Å². The van der Waals surface area contributed by atoms with Gasteiger partial charge in [0.25, 0.3) is 0 Å². The normalized spacial score (nSPS) is 12.4. The molecule has 0 saturated carbocycles. The summed E-state index contributed by atoms with van der Waals surface area (Å²) >= 11 is 5.83. The van der Waals surface area contributed by atoms with E-state index in [4.69, 9.17) is 11.6 Å². The molecular formula is C13H31ClINSi. The van der Waals surface area contributed by atoms with Crippen LogP contribution in [-0.4, -0.2) is 45.6 Å². The van der Waals surface area contributed by atoms with Gasteiger partial charge in [0.1, 0.15) is 0 Å². The molecule has 0 amide bonds. The zero-order chi connectivity index (χ0) is 12.7. The smallest absolute Gasteiger partial charge is 0.0920 e. The zero-order valence-corrected chi connectivity index (χ0v) is 16.3. The third-order valence-corrected chi connectivity index (χ3v) is 10.5. The van der Waals surface area contributed by atoms with E-state index >= 15 is 0 Å². The quantitative estimate of drug-likeness (QED) is 0.240. The van der Waals surface area contributed by atoms with E-state index in [1.165, 1.54) is 37.1 Å². The van der Waals surface area contributed by atoms with E-state index in [2.05, 4.69) is 34.9 Å². The minimum atomic E-state index is -0.883. The number of nitrogens with zero attached hydrogens (tertiary/aromatic N) is 1. The summed E-state index contributed by atoms with van der Waals surface area (Å²) in [5.41, 5.74) is 0. The van der Waals surface area contributed by atoms with Gasteiger partial charge in [-0.3, -0.25) is 0 Å². The van der Waals surface area contributed by atoms with Crippen LogP contribution in [0.4, 0.5) is 0 Å². The van der Waals surface area contributed by atoms with Gasteiger partial charge in [0.05, 0.1) is 41.1 Å². The van der Waals surface area contributed by atoms with Crippen molar-refractivity contribution in [1.29, 1.82) is 0 Å². The Hall–Kier alpha value is 1.20. The lowest BCUT2D eigenvalue weighted by Gasteiger charge is -2.32. The van der Waals surface area contributed by atoms with Gasteiger partial charge in [0.15, 0.2) is 0 Å². The molecule has 0 aliphatic heterocycles. The lowest BCUT2D eigenvalue weighted by Crippen LogP contribution is -3.00. The first-order valence-corrected chi connectivity index (χ1v) is 10.2. The molecule has 0 rings (SSSR count). The van der Waals surface area contributed by atoms with E-state index in [0.29, 0.717) is 0 Å². The average Bonchev–Trinajstić information content (AvgIpc) is 2.25. The van der Waals surface area contributed by atoms with E-state index < -0.39 is 8.07 Å². The van der Waals surface area contributed by atoms with Crippen LogP contribution in [0.1, 0.15) is 27.2 Å². The maximum atomic E-state index is 5.83. The number of hydrogen-bond acceptors (Lipinski definition) is 0. The summed E-state index contributed by atoms with van der Waals surface area (Å²) < 4.78 is 1.09. The number of hydrogen-bond donors (Lipinski definition) is 0. The molecule has 0 spiro atoms. The highest BCUT2D eigenvalue weighted by molar-refractivity contribution is 6.79. The molecule has 0 radical (unpaired) electrons.